The fourth-order valence-corrected chi connectivity index (χ4v) is 3.72. The second-order valence-electron chi connectivity index (χ2n) is 3.61. The predicted molar refractivity (Wildman–Crippen MR) is 70.5 cm³/mol. The summed E-state index contributed by atoms with van der Waals surface area (Å²) in [5, 5.41) is 18.4. The maximum Gasteiger partial charge on any atom is 0.340 e. The third-order valence-electron chi connectivity index (χ3n) is 2.67. The first-order chi connectivity index (χ1) is 9.03. The highest BCUT2D eigenvalue weighted by Gasteiger charge is 2.42. The second-order valence-corrected chi connectivity index (χ2v) is 6.38. The zero-order valence-electron chi connectivity index (χ0n) is 10.4. The maximum absolute atomic E-state index is 12.6. The molecule has 0 aliphatic heterocycles. The fourth-order valence-electron chi connectivity index (χ4n) is 1.72. The van der Waals surface area contributed by atoms with Gasteiger partial charge >= 0.3 is 7.60 Å². The van der Waals surface area contributed by atoms with Gasteiger partial charge in [0.1, 0.15) is 5.66 Å². The Labute approximate surface area is 116 Å². The Morgan fingerprint density at radius 3 is 2.16 bits per heavy atom. The quantitative estimate of drug-likeness (QED) is 0.776. The van der Waals surface area contributed by atoms with Crippen LogP contribution in [-0.2, 0) is 13.6 Å². The first-order valence-corrected chi connectivity index (χ1v) is 7.28. The zero-order valence-corrected chi connectivity index (χ0v) is 12.1. The molecular formula is C12H12ClN2O3P. The summed E-state index contributed by atoms with van der Waals surface area (Å²) in [5.41, 5.74) is -0.657. The van der Waals surface area contributed by atoms with Gasteiger partial charge in [-0.15, -0.1) is 0 Å². The summed E-state index contributed by atoms with van der Waals surface area (Å²) in [5.74, 6) is -1.19. The highest BCUT2D eigenvalue weighted by Crippen LogP contribution is 2.63. The van der Waals surface area contributed by atoms with Gasteiger partial charge in [-0.3, -0.25) is 4.57 Å². The minimum atomic E-state index is -3.66. The van der Waals surface area contributed by atoms with E-state index in [4.69, 9.17) is 31.2 Å². The van der Waals surface area contributed by atoms with Crippen molar-refractivity contribution in [3.8, 4) is 12.1 Å². The molecule has 0 saturated heterocycles. The van der Waals surface area contributed by atoms with E-state index in [2.05, 4.69) is 0 Å². The lowest BCUT2D eigenvalue weighted by molar-refractivity contribution is 0.262. The third-order valence-corrected chi connectivity index (χ3v) is 5.29. The monoisotopic (exact) mass is 298 g/mol. The molecule has 0 radical (unpaired) electrons. The molecule has 0 fully saturated rings. The fraction of sp³-hybridized carbons (Fsp3) is 0.333. The topological polar surface area (TPSA) is 83.1 Å². The maximum atomic E-state index is 12.6. The summed E-state index contributed by atoms with van der Waals surface area (Å²) in [6, 6.07) is 10.2. The van der Waals surface area contributed by atoms with Crippen LogP contribution in [0.5, 0.6) is 0 Å². The van der Waals surface area contributed by atoms with Gasteiger partial charge < -0.3 is 9.05 Å². The Bertz CT molecular complexity index is 557. The highest BCUT2D eigenvalue weighted by atomic mass is 35.5. The highest BCUT2D eigenvalue weighted by molar-refractivity contribution is 7.54. The van der Waals surface area contributed by atoms with Crippen molar-refractivity contribution in [1.29, 1.82) is 10.5 Å². The lowest BCUT2D eigenvalue weighted by Crippen LogP contribution is -2.13. The van der Waals surface area contributed by atoms with Gasteiger partial charge in [-0.1, -0.05) is 29.8 Å². The van der Waals surface area contributed by atoms with Crippen LogP contribution < -0.4 is 0 Å². The molecule has 7 heteroatoms. The van der Waals surface area contributed by atoms with Crippen LogP contribution in [0.25, 0.3) is 0 Å². The number of halogens is 1. The molecule has 5 nitrogen and oxygen atoms in total. The van der Waals surface area contributed by atoms with E-state index in [1.165, 1.54) is 14.2 Å². The SMILES string of the molecule is COP(=O)(OC)C(c1ccccc1Cl)C(C#N)C#N. The van der Waals surface area contributed by atoms with E-state index < -0.39 is 19.2 Å². The second kappa shape index (κ2) is 6.70. The molecule has 0 aliphatic rings. The van der Waals surface area contributed by atoms with Crippen LogP contribution in [0.2, 0.25) is 5.02 Å². The van der Waals surface area contributed by atoms with Gasteiger partial charge in [0.2, 0.25) is 0 Å². The van der Waals surface area contributed by atoms with E-state index in [0.29, 0.717) is 10.6 Å². The van der Waals surface area contributed by atoms with Gasteiger partial charge in [0, 0.05) is 19.2 Å². The van der Waals surface area contributed by atoms with Crippen LogP contribution in [0.3, 0.4) is 0 Å². The van der Waals surface area contributed by atoms with Gasteiger partial charge in [0.15, 0.2) is 5.92 Å². The van der Waals surface area contributed by atoms with Crippen molar-refractivity contribution in [2.75, 3.05) is 14.2 Å². The standard InChI is InChI=1S/C12H12ClN2O3P/c1-17-19(16,18-2)12(9(7-14)8-15)10-5-3-4-6-11(10)13/h3-6,9,12H,1-2H3. The molecule has 1 rings (SSSR count). The summed E-state index contributed by atoms with van der Waals surface area (Å²) in [6.45, 7) is 0. The molecule has 0 aliphatic carbocycles. The first kappa shape index (κ1) is 15.7. The number of nitriles is 2. The molecule has 0 bridgehead atoms. The summed E-state index contributed by atoms with van der Waals surface area (Å²) in [4.78, 5) is 0. The average Bonchev–Trinajstić information content (AvgIpc) is 2.45. The molecule has 0 heterocycles. The van der Waals surface area contributed by atoms with Gasteiger partial charge in [-0.25, -0.2) is 0 Å². The Balaban J connectivity index is 3.46. The average molecular weight is 299 g/mol. The van der Waals surface area contributed by atoms with Crippen molar-refractivity contribution < 1.29 is 13.6 Å². The Morgan fingerprint density at radius 2 is 1.74 bits per heavy atom. The van der Waals surface area contributed by atoms with Crippen molar-refractivity contribution in [3.05, 3.63) is 34.9 Å². The molecule has 0 aromatic heterocycles. The summed E-state index contributed by atoms with van der Waals surface area (Å²) in [6.07, 6.45) is 0. The Hall–Kier alpha value is -1.36. The number of hydrogen-bond acceptors (Lipinski definition) is 5. The number of benzene rings is 1. The van der Waals surface area contributed by atoms with Gasteiger partial charge in [0.05, 0.1) is 12.1 Å². The molecule has 0 amide bonds. The lowest BCUT2D eigenvalue weighted by atomic mass is 10.0. The van der Waals surface area contributed by atoms with Gasteiger partial charge in [-0.2, -0.15) is 10.5 Å². The largest absolute Gasteiger partial charge is 0.340 e. The molecule has 1 aromatic rings. The molecule has 0 saturated carbocycles. The molecular weight excluding hydrogens is 287 g/mol. The van der Waals surface area contributed by atoms with Gasteiger partial charge in [-0.05, 0) is 11.6 Å². The lowest BCUT2D eigenvalue weighted by Gasteiger charge is -2.25. The minimum absolute atomic E-state index is 0.303. The predicted octanol–water partition coefficient (Wildman–Crippen LogP) is 3.53. The molecule has 1 atom stereocenters. The molecule has 0 spiro atoms. The van der Waals surface area contributed by atoms with E-state index in [1.54, 1.807) is 36.4 Å². The number of rotatable bonds is 5. The molecule has 0 N–H and O–H groups in total. The van der Waals surface area contributed by atoms with E-state index in [1.807, 2.05) is 0 Å². The van der Waals surface area contributed by atoms with Gasteiger partial charge in [0.25, 0.3) is 0 Å². The molecule has 100 valence electrons. The van der Waals surface area contributed by atoms with Crippen molar-refractivity contribution in [3.63, 3.8) is 0 Å². The van der Waals surface area contributed by atoms with Crippen molar-refractivity contribution in [1.82, 2.24) is 0 Å². The minimum Gasteiger partial charge on any atom is -0.311 e. The van der Waals surface area contributed by atoms with Crippen LogP contribution >= 0.6 is 19.2 Å². The smallest absolute Gasteiger partial charge is 0.311 e. The normalized spacial score (nSPS) is 12.7. The molecule has 19 heavy (non-hydrogen) atoms. The molecule has 1 aromatic carbocycles. The Kier molecular flexibility index (Phi) is 5.54. The van der Waals surface area contributed by atoms with Crippen LogP contribution in [-0.4, -0.2) is 14.2 Å². The number of hydrogen-bond donors (Lipinski definition) is 0. The van der Waals surface area contributed by atoms with Crippen LogP contribution in [0, 0.1) is 28.6 Å². The third kappa shape index (κ3) is 3.15. The summed E-state index contributed by atoms with van der Waals surface area (Å²) < 4.78 is 22.4. The number of nitrogens with zero attached hydrogens (tertiary/aromatic N) is 2. The van der Waals surface area contributed by atoms with Crippen molar-refractivity contribution in [2.24, 2.45) is 5.92 Å². The van der Waals surface area contributed by atoms with Crippen LogP contribution in [0.15, 0.2) is 24.3 Å². The van der Waals surface area contributed by atoms with E-state index in [9.17, 15) is 4.57 Å². The van der Waals surface area contributed by atoms with Crippen LogP contribution in [0.4, 0.5) is 0 Å². The Morgan fingerprint density at radius 1 is 1.21 bits per heavy atom. The first-order valence-electron chi connectivity index (χ1n) is 5.29. The van der Waals surface area contributed by atoms with E-state index in [0.717, 1.165) is 0 Å². The summed E-state index contributed by atoms with van der Waals surface area (Å²) >= 11 is 6.05. The van der Waals surface area contributed by atoms with E-state index in [-0.39, 0.29) is 0 Å². The van der Waals surface area contributed by atoms with Crippen molar-refractivity contribution >= 4 is 19.2 Å². The zero-order chi connectivity index (χ0) is 14.5. The molecule has 1 unspecified atom stereocenters. The van der Waals surface area contributed by atoms with Crippen LogP contribution in [0.1, 0.15) is 11.2 Å². The van der Waals surface area contributed by atoms with Crippen molar-refractivity contribution in [2.45, 2.75) is 5.66 Å². The van der Waals surface area contributed by atoms with E-state index >= 15 is 0 Å². The summed E-state index contributed by atoms with van der Waals surface area (Å²) in [7, 11) is -1.24.